The highest BCUT2D eigenvalue weighted by atomic mass is 35.5. The summed E-state index contributed by atoms with van der Waals surface area (Å²) in [4.78, 5) is 13.2. The van der Waals surface area contributed by atoms with E-state index >= 15 is 0 Å². The zero-order chi connectivity index (χ0) is 14.9. The molecule has 1 aromatic heterocycles. The number of carbonyl (C=O) groups is 1. The van der Waals surface area contributed by atoms with E-state index < -0.39 is 5.41 Å². The molecular formula is C16H17ClN2O2. The fourth-order valence-electron chi connectivity index (χ4n) is 3.02. The van der Waals surface area contributed by atoms with Gasteiger partial charge >= 0.3 is 0 Å². The summed E-state index contributed by atoms with van der Waals surface area (Å²) in [6, 6.07) is 9.90. The molecule has 5 heteroatoms. The lowest BCUT2D eigenvalue weighted by molar-refractivity contribution is 0.0418. The van der Waals surface area contributed by atoms with Crippen LogP contribution in [-0.2, 0) is 17.2 Å². The molecule has 0 saturated carbocycles. The zero-order valence-electron chi connectivity index (χ0n) is 11.9. The number of hydrogen-bond donors (Lipinski definition) is 0. The molecule has 4 nitrogen and oxygen atoms in total. The average molecular weight is 305 g/mol. The first-order chi connectivity index (χ1) is 10.1. The number of halogens is 1. The van der Waals surface area contributed by atoms with Crippen molar-refractivity contribution in [3.8, 4) is 0 Å². The van der Waals surface area contributed by atoms with Gasteiger partial charge in [-0.1, -0.05) is 41.9 Å². The van der Waals surface area contributed by atoms with Gasteiger partial charge < -0.3 is 4.74 Å². The van der Waals surface area contributed by atoms with Gasteiger partial charge in [-0.2, -0.15) is 5.10 Å². The van der Waals surface area contributed by atoms with E-state index in [1.807, 2.05) is 30.3 Å². The third-order valence-electron chi connectivity index (χ3n) is 4.22. The zero-order valence-corrected chi connectivity index (χ0v) is 12.6. The molecule has 0 spiro atoms. The summed E-state index contributed by atoms with van der Waals surface area (Å²) in [5, 5.41) is 4.50. The van der Waals surface area contributed by atoms with Crippen LogP contribution >= 0.6 is 11.6 Å². The predicted molar refractivity (Wildman–Crippen MR) is 80.7 cm³/mol. The van der Waals surface area contributed by atoms with E-state index in [4.69, 9.17) is 16.3 Å². The molecule has 2 heterocycles. The molecule has 3 rings (SSSR count). The van der Waals surface area contributed by atoms with Crippen LogP contribution < -0.4 is 0 Å². The number of Topliss-reactive ketones (excluding diaryl/α,β-unsaturated/α-hetero) is 1. The van der Waals surface area contributed by atoms with Crippen LogP contribution in [0.3, 0.4) is 0 Å². The number of aromatic nitrogens is 2. The molecule has 1 aliphatic rings. The summed E-state index contributed by atoms with van der Waals surface area (Å²) >= 11 is 6.17. The molecule has 1 aromatic carbocycles. The Balaban J connectivity index is 2.10. The highest BCUT2D eigenvalue weighted by Gasteiger charge is 2.43. The molecule has 1 fully saturated rings. The topological polar surface area (TPSA) is 44.1 Å². The Bertz CT molecular complexity index is 626. The van der Waals surface area contributed by atoms with Crippen LogP contribution in [-0.4, -0.2) is 28.8 Å². The number of aryl methyl sites for hydroxylation is 1. The lowest BCUT2D eigenvalue weighted by Crippen LogP contribution is -2.42. The Kier molecular flexibility index (Phi) is 3.83. The highest BCUT2D eigenvalue weighted by Crippen LogP contribution is 2.39. The second-order valence-electron chi connectivity index (χ2n) is 5.35. The van der Waals surface area contributed by atoms with Crippen molar-refractivity contribution in [1.29, 1.82) is 0 Å². The smallest absolute Gasteiger partial charge is 0.193 e. The molecular weight excluding hydrogens is 288 g/mol. The van der Waals surface area contributed by atoms with Gasteiger partial charge in [0.15, 0.2) is 5.78 Å². The molecule has 1 saturated heterocycles. The molecule has 1 aliphatic heterocycles. The van der Waals surface area contributed by atoms with E-state index in [1.165, 1.54) is 6.20 Å². The number of ketones is 1. The Hall–Kier alpha value is -1.65. The van der Waals surface area contributed by atoms with Crippen LogP contribution in [0.5, 0.6) is 0 Å². The van der Waals surface area contributed by atoms with Crippen molar-refractivity contribution in [3.63, 3.8) is 0 Å². The summed E-state index contributed by atoms with van der Waals surface area (Å²) in [6.45, 7) is 1.16. The number of benzene rings is 1. The number of carbonyl (C=O) groups excluding carboxylic acids is 1. The molecule has 21 heavy (non-hydrogen) atoms. The average Bonchev–Trinajstić information content (AvgIpc) is 2.87. The third kappa shape index (κ3) is 2.39. The van der Waals surface area contributed by atoms with Crippen LogP contribution in [0.15, 0.2) is 36.5 Å². The Morgan fingerprint density at radius 3 is 2.52 bits per heavy atom. The first-order valence-electron chi connectivity index (χ1n) is 7.01. The van der Waals surface area contributed by atoms with Crippen molar-refractivity contribution >= 4 is 17.4 Å². The molecule has 0 bridgehead atoms. The maximum atomic E-state index is 13.2. The van der Waals surface area contributed by atoms with Crippen molar-refractivity contribution in [2.45, 2.75) is 18.3 Å². The van der Waals surface area contributed by atoms with Gasteiger partial charge in [0.2, 0.25) is 0 Å². The SMILES string of the molecule is Cn1ncc(Cl)c1C(=O)C1(c2ccccc2)CCOCC1. The highest BCUT2D eigenvalue weighted by molar-refractivity contribution is 6.34. The number of hydrogen-bond acceptors (Lipinski definition) is 3. The van der Waals surface area contributed by atoms with E-state index in [0.717, 1.165) is 5.56 Å². The third-order valence-corrected chi connectivity index (χ3v) is 4.49. The minimum Gasteiger partial charge on any atom is -0.381 e. The van der Waals surface area contributed by atoms with Gasteiger partial charge in [0, 0.05) is 20.3 Å². The molecule has 0 aliphatic carbocycles. The molecule has 0 radical (unpaired) electrons. The molecule has 0 N–H and O–H groups in total. The first-order valence-corrected chi connectivity index (χ1v) is 7.38. The Morgan fingerprint density at radius 2 is 1.95 bits per heavy atom. The van der Waals surface area contributed by atoms with Crippen molar-refractivity contribution in [3.05, 3.63) is 52.8 Å². The van der Waals surface area contributed by atoms with E-state index in [9.17, 15) is 4.79 Å². The van der Waals surface area contributed by atoms with Crippen molar-refractivity contribution < 1.29 is 9.53 Å². The summed E-state index contributed by atoms with van der Waals surface area (Å²) < 4.78 is 7.03. The van der Waals surface area contributed by atoms with Crippen LogP contribution in [0.4, 0.5) is 0 Å². The Morgan fingerprint density at radius 1 is 1.29 bits per heavy atom. The van der Waals surface area contributed by atoms with Crippen LogP contribution in [0.1, 0.15) is 28.9 Å². The summed E-state index contributed by atoms with van der Waals surface area (Å²) in [6.07, 6.45) is 2.85. The van der Waals surface area contributed by atoms with E-state index in [1.54, 1.807) is 11.7 Å². The van der Waals surface area contributed by atoms with Crippen molar-refractivity contribution in [2.75, 3.05) is 13.2 Å². The first kappa shape index (κ1) is 14.3. The maximum absolute atomic E-state index is 13.2. The standard InChI is InChI=1S/C16H17ClN2O2/c1-19-14(13(17)11-18-19)15(20)16(7-9-21-10-8-16)12-5-3-2-4-6-12/h2-6,11H,7-10H2,1H3. The normalized spacial score (nSPS) is 17.6. The second kappa shape index (κ2) is 5.62. The fraction of sp³-hybridized carbons (Fsp3) is 0.375. The van der Waals surface area contributed by atoms with E-state index in [-0.39, 0.29) is 5.78 Å². The summed E-state index contributed by atoms with van der Waals surface area (Å²) in [5.74, 6) is 0.0296. The van der Waals surface area contributed by atoms with Gasteiger partial charge in [-0.25, -0.2) is 0 Å². The van der Waals surface area contributed by atoms with Gasteiger partial charge in [-0.15, -0.1) is 0 Å². The second-order valence-corrected chi connectivity index (χ2v) is 5.76. The number of nitrogens with zero attached hydrogens (tertiary/aromatic N) is 2. The fourth-order valence-corrected chi connectivity index (χ4v) is 3.27. The van der Waals surface area contributed by atoms with Crippen LogP contribution in [0.2, 0.25) is 5.02 Å². The summed E-state index contributed by atoms with van der Waals surface area (Å²) in [5.41, 5.74) is 0.926. The molecule has 0 unspecified atom stereocenters. The minimum atomic E-state index is -0.572. The minimum absolute atomic E-state index is 0.0296. The molecule has 0 amide bonds. The lowest BCUT2D eigenvalue weighted by Gasteiger charge is -2.36. The van der Waals surface area contributed by atoms with Gasteiger partial charge in [-0.05, 0) is 18.4 Å². The predicted octanol–water partition coefficient (Wildman–Crippen LogP) is 3.00. The van der Waals surface area contributed by atoms with Crippen LogP contribution in [0, 0.1) is 0 Å². The van der Waals surface area contributed by atoms with E-state index in [2.05, 4.69) is 5.10 Å². The number of rotatable bonds is 3. The molecule has 110 valence electrons. The quantitative estimate of drug-likeness (QED) is 0.819. The number of ether oxygens (including phenoxy) is 1. The lowest BCUT2D eigenvalue weighted by atomic mass is 9.70. The monoisotopic (exact) mass is 304 g/mol. The Labute approximate surface area is 128 Å². The van der Waals surface area contributed by atoms with Crippen LogP contribution in [0.25, 0.3) is 0 Å². The summed E-state index contributed by atoms with van der Waals surface area (Å²) in [7, 11) is 1.75. The van der Waals surface area contributed by atoms with Crippen molar-refractivity contribution in [2.24, 2.45) is 7.05 Å². The molecule has 2 aromatic rings. The van der Waals surface area contributed by atoms with Gasteiger partial charge in [0.1, 0.15) is 5.69 Å². The van der Waals surface area contributed by atoms with Gasteiger partial charge in [-0.3, -0.25) is 9.48 Å². The molecule has 0 atom stereocenters. The van der Waals surface area contributed by atoms with Gasteiger partial charge in [0.25, 0.3) is 0 Å². The van der Waals surface area contributed by atoms with E-state index in [0.29, 0.717) is 36.8 Å². The van der Waals surface area contributed by atoms with Gasteiger partial charge in [0.05, 0.1) is 16.6 Å². The largest absolute Gasteiger partial charge is 0.381 e. The maximum Gasteiger partial charge on any atom is 0.193 e. The van der Waals surface area contributed by atoms with Crippen molar-refractivity contribution in [1.82, 2.24) is 9.78 Å².